The summed E-state index contributed by atoms with van der Waals surface area (Å²) in [6, 6.07) is 0. The van der Waals surface area contributed by atoms with Crippen LogP contribution in [0.25, 0.3) is 0 Å². The zero-order valence-electron chi connectivity index (χ0n) is 9.39. The molecule has 0 unspecified atom stereocenters. The summed E-state index contributed by atoms with van der Waals surface area (Å²) >= 11 is 3.24. The predicted molar refractivity (Wildman–Crippen MR) is 66.5 cm³/mol. The van der Waals surface area contributed by atoms with Gasteiger partial charge >= 0.3 is 0 Å². The maximum absolute atomic E-state index is 12.4. The average molecular weight is 321 g/mol. The first-order valence-electron chi connectivity index (χ1n) is 5.25. The Morgan fingerprint density at radius 3 is 2.59 bits per heavy atom. The molecule has 1 fully saturated rings. The van der Waals surface area contributed by atoms with Gasteiger partial charge < -0.3 is 4.74 Å². The lowest BCUT2D eigenvalue weighted by Gasteiger charge is -2.17. The maximum atomic E-state index is 12.4. The van der Waals surface area contributed by atoms with Gasteiger partial charge in [0.25, 0.3) is 0 Å². The van der Waals surface area contributed by atoms with E-state index in [4.69, 9.17) is 4.74 Å². The fourth-order valence-corrected chi connectivity index (χ4v) is 4.12. The molecule has 0 spiro atoms. The van der Waals surface area contributed by atoms with E-state index in [2.05, 4.69) is 20.9 Å². The molecule has 0 bridgehead atoms. The van der Waals surface area contributed by atoms with Gasteiger partial charge in [0.2, 0.25) is 10.0 Å². The summed E-state index contributed by atoms with van der Waals surface area (Å²) in [6.45, 7) is 1.13. The Bertz CT molecular complexity index is 512. The first-order valence-corrected chi connectivity index (χ1v) is 7.48. The molecule has 2 heterocycles. The predicted octanol–water partition coefficient (Wildman–Crippen LogP) is 1.64. The average Bonchev–Trinajstić information content (AvgIpc) is 2.82. The highest BCUT2D eigenvalue weighted by Gasteiger charge is 2.30. The minimum Gasteiger partial charge on any atom is -0.494 e. The SMILES string of the molecule is COc1c(Br)cncc1S(=O)(=O)N1CCCC1. The second-order valence-electron chi connectivity index (χ2n) is 3.76. The third-order valence-electron chi connectivity index (χ3n) is 2.71. The van der Waals surface area contributed by atoms with Gasteiger partial charge in [-0.25, -0.2) is 8.42 Å². The number of halogens is 1. The quantitative estimate of drug-likeness (QED) is 0.849. The van der Waals surface area contributed by atoms with E-state index in [1.165, 1.54) is 23.8 Å². The van der Waals surface area contributed by atoms with Crippen molar-refractivity contribution in [3.05, 3.63) is 16.9 Å². The van der Waals surface area contributed by atoms with Crippen LogP contribution in [-0.4, -0.2) is 37.9 Å². The molecule has 0 saturated carbocycles. The first kappa shape index (κ1) is 12.8. The molecule has 1 saturated heterocycles. The lowest BCUT2D eigenvalue weighted by atomic mass is 10.4. The Morgan fingerprint density at radius 1 is 1.35 bits per heavy atom. The van der Waals surface area contributed by atoms with Crippen molar-refractivity contribution in [2.75, 3.05) is 20.2 Å². The number of ether oxygens (including phenoxy) is 1. The lowest BCUT2D eigenvalue weighted by Crippen LogP contribution is -2.28. The summed E-state index contributed by atoms with van der Waals surface area (Å²) in [5.74, 6) is 0.312. The van der Waals surface area contributed by atoms with Crippen molar-refractivity contribution in [1.82, 2.24) is 9.29 Å². The number of hydrogen-bond donors (Lipinski definition) is 0. The minimum atomic E-state index is -3.49. The molecule has 5 nitrogen and oxygen atoms in total. The topological polar surface area (TPSA) is 59.5 Å². The molecule has 0 atom stereocenters. The van der Waals surface area contributed by atoms with Crippen LogP contribution in [0.3, 0.4) is 0 Å². The molecule has 0 N–H and O–H groups in total. The van der Waals surface area contributed by atoms with Crippen molar-refractivity contribution in [3.8, 4) is 5.75 Å². The molecule has 94 valence electrons. The Morgan fingerprint density at radius 2 is 2.00 bits per heavy atom. The van der Waals surface area contributed by atoms with E-state index >= 15 is 0 Å². The van der Waals surface area contributed by atoms with Gasteiger partial charge in [0.05, 0.1) is 17.8 Å². The van der Waals surface area contributed by atoms with Crippen LogP contribution in [-0.2, 0) is 10.0 Å². The van der Waals surface area contributed by atoms with Crippen LogP contribution >= 0.6 is 15.9 Å². The Balaban J connectivity index is 2.49. The molecule has 0 aromatic carbocycles. The Labute approximate surface area is 109 Å². The highest BCUT2D eigenvalue weighted by molar-refractivity contribution is 9.10. The molecule has 2 rings (SSSR count). The van der Waals surface area contributed by atoms with E-state index in [0.29, 0.717) is 23.3 Å². The molecule has 1 aliphatic heterocycles. The summed E-state index contributed by atoms with van der Waals surface area (Å²) in [5, 5.41) is 0. The lowest BCUT2D eigenvalue weighted by molar-refractivity contribution is 0.394. The highest BCUT2D eigenvalue weighted by Crippen LogP contribution is 2.33. The van der Waals surface area contributed by atoms with E-state index in [1.54, 1.807) is 0 Å². The molecular formula is C10H13BrN2O3S. The van der Waals surface area contributed by atoms with Crippen molar-refractivity contribution in [2.24, 2.45) is 0 Å². The molecule has 0 amide bonds. The van der Waals surface area contributed by atoms with Crippen molar-refractivity contribution in [1.29, 1.82) is 0 Å². The Hall–Kier alpha value is -0.660. The number of methoxy groups -OCH3 is 1. The molecular weight excluding hydrogens is 308 g/mol. The van der Waals surface area contributed by atoms with E-state index in [1.807, 2.05) is 0 Å². The van der Waals surface area contributed by atoms with E-state index < -0.39 is 10.0 Å². The summed E-state index contributed by atoms with van der Waals surface area (Å²) in [4.78, 5) is 4.02. The van der Waals surface area contributed by atoms with Crippen LogP contribution in [0.4, 0.5) is 0 Å². The summed E-state index contributed by atoms with van der Waals surface area (Å²) in [5.41, 5.74) is 0. The van der Waals surface area contributed by atoms with Gasteiger partial charge in [-0.15, -0.1) is 0 Å². The molecule has 1 aromatic heterocycles. The van der Waals surface area contributed by atoms with Gasteiger partial charge in [-0.1, -0.05) is 0 Å². The third kappa shape index (κ3) is 2.31. The van der Waals surface area contributed by atoms with Gasteiger partial charge in [0, 0.05) is 19.3 Å². The Kier molecular flexibility index (Phi) is 3.70. The third-order valence-corrected chi connectivity index (χ3v) is 5.16. The standard InChI is InChI=1S/C10H13BrN2O3S/c1-16-10-8(11)6-12-7-9(10)17(14,15)13-4-2-3-5-13/h6-7H,2-5H2,1H3. The maximum Gasteiger partial charge on any atom is 0.248 e. The smallest absolute Gasteiger partial charge is 0.248 e. The molecule has 17 heavy (non-hydrogen) atoms. The summed E-state index contributed by atoms with van der Waals surface area (Å²) in [7, 11) is -2.04. The number of aromatic nitrogens is 1. The van der Waals surface area contributed by atoms with Crippen LogP contribution in [0, 0.1) is 0 Å². The van der Waals surface area contributed by atoms with Crippen LogP contribution in [0.2, 0.25) is 0 Å². The number of nitrogens with zero attached hydrogens (tertiary/aromatic N) is 2. The molecule has 7 heteroatoms. The zero-order chi connectivity index (χ0) is 12.5. The number of rotatable bonds is 3. The van der Waals surface area contributed by atoms with Crippen molar-refractivity contribution < 1.29 is 13.2 Å². The molecule has 0 aliphatic carbocycles. The van der Waals surface area contributed by atoms with Gasteiger partial charge in [0.1, 0.15) is 4.90 Å². The fourth-order valence-electron chi connectivity index (χ4n) is 1.85. The van der Waals surface area contributed by atoms with Crippen molar-refractivity contribution in [3.63, 3.8) is 0 Å². The highest BCUT2D eigenvalue weighted by atomic mass is 79.9. The minimum absolute atomic E-state index is 0.122. The molecule has 1 aromatic rings. The van der Waals surface area contributed by atoms with Crippen LogP contribution in [0.5, 0.6) is 5.75 Å². The largest absolute Gasteiger partial charge is 0.494 e. The fraction of sp³-hybridized carbons (Fsp3) is 0.500. The van der Waals surface area contributed by atoms with Crippen molar-refractivity contribution >= 4 is 26.0 Å². The van der Waals surface area contributed by atoms with Gasteiger partial charge in [-0.3, -0.25) is 4.98 Å². The monoisotopic (exact) mass is 320 g/mol. The van der Waals surface area contributed by atoms with E-state index in [0.717, 1.165) is 12.8 Å². The zero-order valence-corrected chi connectivity index (χ0v) is 11.8. The second kappa shape index (κ2) is 4.91. The van der Waals surface area contributed by atoms with E-state index in [9.17, 15) is 8.42 Å². The summed E-state index contributed by atoms with van der Waals surface area (Å²) < 4.78 is 31.8. The van der Waals surface area contributed by atoms with Gasteiger partial charge in [0.15, 0.2) is 5.75 Å². The molecule has 1 aliphatic rings. The number of sulfonamides is 1. The van der Waals surface area contributed by atoms with Crippen LogP contribution < -0.4 is 4.74 Å². The van der Waals surface area contributed by atoms with Crippen LogP contribution in [0.15, 0.2) is 21.8 Å². The summed E-state index contributed by atoms with van der Waals surface area (Å²) in [6.07, 6.45) is 4.66. The second-order valence-corrected chi connectivity index (χ2v) is 6.52. The van der Waals surface area contributed by atoms with E-state index in [-0.39, 0.29) is 4.90 Å². The number of hydrogen-bond acceptors (Lipinski definition) is 4. The molecule has 0 radical (unpaired) electrons. The normalized spacial score (nSPS) is 17.3. The van der Waals surface area contributed by atoms with Crippen molar-refractivity contribution in [2.45, 2.75) is 17.7 Å². The van der Waals surface area contributed by atoms with Gasteiger partial charge in [-0.2, -0.15) is 4.31 Å². The van der Waals surface area contributed by atoms with Crippen LogP contribution in [0.1, 0.15) is 12.8 Å². The number of pyridine rings is 1. The first-order chi connectivity index (χ1) is 8.07. The van der Waals surface area contributed by atoms with Gasteiger partial charge in [-0.05, 0) is 28.8 Å².